The molecular formula is C18H25ClN2O3. The second-order valence-corrected chi connectivity index (χ2v) is 6.25. The number of hydrogen-bond donors (Lipinski definition) is 0. The molecule has 0 N–H and O–H groups in total. The lowest BCUT2D eigenvalue weighted by atomic mass is 10.1. The van der Waals surface area contributed by atoms with Gasteiger partial charge in [0, 0.05) is 32.3 Å². The van der Waals surface area contributed by atoms with Crippen LogP contribution in [-0.2, 0) is 4.79 Å². The third-order valence-electron chi connectivity index (χ3n) is 3.94. The van der Waals surface area contributed by atoms with E-state index in [1.165, 1.54) is 0 Å². The molecule has 24 heavy (non-hydrogen) atoms. The molecule has 1 aromatic carbocycles. The Morgan fingerprint density at radius 1 is 1.29 bits per heavy atom. The van der Waals surface area contributed by atoms with Gasteiger partial charge in [0.05, 0.1) is 18.7 Å². The van der Waals surface area contributed by atoms with E-state index in [1.807, 2.05) is 17.9 Å². The molecule has 1 aliphatic rings. The van der Waals surface area contributed by atoms with Gasteiger partial charge < -0.3 is 19.3 Å². The molecular weight excluding hydrogens is 328 g/mol. The van der Waals surface area contributed by atoms with Crippen LogP contribution >= 0.6 is 11.6 Å². The number of benzene rings is 1. The first-order valence-electron chi connectivity index (χ1n) is 8.21. The lowest BCUT2D eigenvalue weighted by Gasteiger charge is -2.31. The average molecular weight is 353 g/mol. The van der Waals surface area contributed by atoms with Crippen molar-refractivity contribution in [1.82, 2.24) is 9.80 Å². The fraction of sp³-hybridized carbons (Fsp3) is 0.500. The molecule has 0 saturated carbocycles. The van der Waals surface area contributed by atoms with Gasteiger partial charge in [-0.3, -0.25) is 4.79 Å². The topological polar surface area (TPSA) is 42.0 Å². The highest BCUT2D eigenvalue weighted by atomic mass is 35.5. The fourth-order valence-corrected chi connectivity index (χ4v) is 2.75. The van der Waals surface area contributed by atoms with Gasteiger partial charge in [-0.05, 0) is 37.2 Å². The SMILES string of the molecule is CCCOc1c(Cl)cc(/C=C/C(=O)N2CCN(C)CC2)cc1OC. The Morgan fingerprint density at radius 2 is 2.00 bits per heavy atom. The van der Waals surface area contributed by atoms with Crippen LogP contribution in [-0.4, -0.2) is 62.7 Å². The van der Waals surface area contributed by atoms with Gasteiger partial charge in [0.2, 0.25) is 5.91 Å². The summed E-state index contributed by atoms with van der Waals surface area (Å²) >= 11 is 6.29. The Labute approximate surface area is 148 Å². The van der Waals surface area contributed by atoms with Gasteiger partial charge in [-0.25, -0.2) is 0 Å². The number of piperazine rings is 1. The zero-order valence-electron chi connectivity index (χ0n) is 14.5. The predicted octanol–water partition coefficient (Wildman–Crippen LogP) is 2.92. The highest BCUT2D eigenvalue weighted by molar-refractivity contribution is 6.32. The second-order valence-electron chi connectivity index (χ2n) is 5.84. The Balaban J connectivity index is 2.08. The van der Waals surface area contributed by atoms with Crippen molar-refractivity contribution in [2.75, 3.05) is 46.9 Å². The summed E-state index contributed by atoms with van der Waals surface area (Å²) in [4.78, 5) is 16.3. The molecule has 1 saturated heterocycles. The lowest BCUT2D eigenvalue weighted by Crippen LogP contribution is -2.46. The third kappa shape index (κ3) is 4.89. The number of carbonyl (C=O) groups is 1. The molecule has 0 spiro atoms. The van der Waals surface area contributed by atoms with E-state index in [0.717, 1.165) is 38.2 Å². The van der Waals surface area contributed by atoms with Gasteiger partial charge in [0.15, 0.2) is 11.5 Å². The highest BCUT2D eigenvalue weighted by Gasteiger charge is 2.17. The first-order chi connectivity index (χ1) is 11.5. The van der Waals surface area contributed by atoms with Gasteiger partial charge in [0.25, 0.3) is 0 Å². The first-order valence-corrected chi connectivity index (χ1v) is 8.58. The minimum absolute atomic E-state index is 0.0181. The Kier molecular flexibility index (Phi) is 6.94. The fourth-order valence-electron chi connectivity index (χ4n) is 2.48. The molecule has 1 heterocycles. The molecule has 0 atom stereocenters. The zero-order chi connectivity index (χ0) is 17.5. The molecule has 1 fully saturated rings. The monoisotopic (exact) mass is 352 g/mol. The van der Waals surface area contributed by atoms with E-state index in [0.29, 0.717) is 23.1 Å². The summed E-state index contributed by atoms with van der Waals surface area (Å²) in [5, 5.41) is 0.481. The minimum Gasteiger partial charge on any atom is -0.493 e. The molecule has 0 bridgehead atoms. The van der Waals surface area contributed by atoms with Crippen molar-refractivity contribution < 1.29 is 14.3 Å². The summed E-state index contributed by atoms with van der Waals surface area (Å²) in [6.07, 6.45) is 4.24. The summed E-state index contributed by atoms with van der Waals surface area (Å²) < 4.78 is 11.0. The van der Waals surface area contributed by atoms with Gasteiger partial charge in [-0.15, -0.1) is 0 Å². The van der Waals surface area contributed by atoms with Crippen LogP contribution in [0.2, 0.25) is 5.02 Å². The summed E-state index contributed by atoms with van der Waals surface area (Å²) in [5.74, 6) is 1.13. The number of hydrogen-bond acceptors (Lipinski definition) is 4. The predicted molar refractivity (Wildman–Crippen MR) is 96.9 cm³/mol. The molecule has 0 aliphatic carbocycles. The number of rotatable bonds is 6. The van der Waals surface area contributed by atoms with Crippen molar-refractivity contribution in [2.45, 2.75) is 13.3 Å². The normalized spacial score (nSPS) is 15.8. The Hall–Kier alpha value is -1.72. The zero-order valence-corrected chi connectivity index (χ0v) is 15.3. The van der Waals surface area contributed by atoms with Gasteiger partial charge in [-0.2, -0.15) is 0 Å². The molecule has 2 rings (SSSR count). The van der Waals surface area contributed by atoms with Crippen molar-refractivity contribution in [3.05, 3.63) is 28.8 Å². The number of nitrogens with zero attached hydrogens (tertiary/aromatic N) is 2. The maximum atomic E-state index is 12.3. The summed E-state index contributed by atoms with van der Waals surface area (Å²) in [5.41, 5.74) is 0.808. The number of amides is 1. The van der Waals surface area contributed by atoms with Gasteiger partial charge in [-0.1, -0.05) is 18.5 Å². The van der Waals surface area contributed by atoms with Crippen LogP contribution in [0, 0.1) is 0 Å². The second kappa shape index (κ2) is 8.94. The Morgan fingerprint density at radius 3 is 2.62 bits per heavy atom. The van der Waals surface area contributed by atoms with Crippen molar-refractivity contribution in [3.8, 4) is 11.5 Å². The maximum absolute atomic E-state index is 12.3. The molecule has 0 aromatic heterocycles. The maximum Gasteiger partial charge on any atom is 0.246 e. The van der Waals surface area contributed by atoms with E-state index in [4.69, 9.17) is 21.1 Å². The van der Waals surface area contributed by atoms with E-state index >= 15 is 0 Å². The molecule has 6 heteroatoms. The van der Waals surface area contributed by atoms with Gasteiger partial charge in [0.1, 0.15) is 0 Å². The van der Waals surface area contributed by atoms with Crippen LogP contribution in [0.4, 0.5) is 0 Å². The molecule has 132 valence electrons. The van der Waals surface area contributed by atoms with E-state index in [9.17, 15) is 4.79 Å². The van der Waals surface area contributed by atoms with Crippen molar-refractivity contribution in [1.29, 1.82) is 0 Å². The van der Waals surface area contributed by atoms with E-state index < -0.39 is 0 Å². The van der Waals surface area contributed by atoms with Crippen LogP contribution in [0.1, 0.15) is 18.9 Å². The van der Waals surface area contributed by atoms with E-state index in [2.05, 4.69) is 11.9 Å². The summed E-state index contributed by atoms with van der Waals surface area (Å²) in [6, 6.07) is 3.60. The largest absolute Gasteiger partial charge is 0.493 e. The number of methoxy groups -OCH3 is 1. The van der Waals surface area contributed by atoms with Crippen LogP contribution in [0.25, 0.3) is 6.08 Å². The molecule has 5 nitrogen and oxygen atoms in total. The van der Waals surface area contributed by atoms with Crippen LogP contribution in [0.3, 0.4) is 0 Å². The highest BCUT2D eigenvalue weighted by Crippen LogP contribution is 2.36. The average Bonchev–Trinajstić information content (AvgIpc) is 2.58. The molecule has 0 unspecified atom stereocenters. The van der Waals surface area contributed by atoms with Crippen LogP contribution in [0.5, 0.6) is 11.5 Å². The summed E-state index contributed by atoms with van der Waals surface area (Å²) in [7, 11) is 3.64. The molecule has 1 amide bonds. The van der Waals surface area contributed by atoms with Gasteiger partial charge >= 0.3 is 0 Å². The van der Waals surface area contributed by atoms with E-state index in [-0.39, 0.29) is 5.91 Å². The number of carbonyl (C=O) groups excluding carboxylic acids is 1. The van der Waals surface area contributed by atoms with Crippen LogP contribution in [0.15, 0.2) is 18.2 Å². The molecule has 1 aromatic rings. The Bertz CT molecular complexity index is 596. The third-order valence-corrected chi connectivity index (χ3v) is 4.22. The van der Waals surface area contributed by atoms with Crippen molar-refractivity contribution >= 4 is 23.6 Å². The smallest absolute Gasteiger partial charge is 0.246 e. The summed E-state index contributed by atoms with van der Waals surface area (Å²) in [6.45, 7) is 5.93. The quantitative estimate of drug-likeness (QED) is 0.738. The lowest BCUT2D eigenvalue weighted by molar-refractivity contribution is -0.127. The molecule has 1 aliphatic heterocycles. The number of ether oxygens (including phenoxy) is 2. The van der Waals surface area contributed by atoms with Crippen LogP contribution < -0.4 is 9.47 Å². The minimum atomic E-state index is 0.0181. The van der Waals surface area contributed by atoms with Crippen molar-refractivity contribution in [2.24, 2.45) is 0 Å². The molecule has 0 radical (unpaired) electrons. The standard InChI is InChI=1S/C18H25ClN2O3/c1-4-11-24-18-15(19)12-14(13-16(18)23-3)5-6-17(22)21-9-7-20(2)8-10-21/h5-6,12-13H,4,7-11H2,1-3H3/b6-5+. The number of halogens is 1. The van der Waals surface area contributed by atoms with Crippen molar-refractivity contribution in [3.63, 3.8) is 0 Å². The van der Waals surface area contributed by atoms with E-state index in [1.54, 1.807) is 25.3 Å². The number of likely N-dealkylation sites (N-methyl/N-ethyl adjacent to an activating group) is 1. The first kappa shape index (κ1) is 18.6.